The van der Waals surface area contributed by atoms with Crippen LogP contribution in [0.1, 0.15) is 0 Å². The van der Waals surface area contributed by atoms with Crippen molar-refractivity contribution in [2.24, 2.45) is 0 Å². The fraction of sp³-hybridized carbons (Fsp3) is 0.222. The molecule has 0 fully saturated rings. The molecular weight excluding hydrogens is 187 g/mol. The number of benzene rings is 1. The van der Waals surface area contributed by atoms with Gasteiger partial charge in [0.1, 0.15) is 12.4 Å². The Morgan fingerprint density at radius 1 is 1.64 bits per heavy atom. The summed E-state index contributed by atoms with van der Waals surface area (Å²) in [5.41, 5.74) is 5.76. The van der Waals surface area contributed by atoms with Crippen LogP contribution in [0.5, 0.6) is 0 Å². The van der Waals surface area contributed by atoms with Crippen LogP contribution in [0.3, 0.4) is 0 Å². The molecule has 1 amide bonds. The minimum atomic E-state index is -0.505. The van der Waals surface area contributed by atoms with Crippen LogP contribution in [0.15, 0.2) is 18.2 Å². The highest BCUT2D eigenvalue weighted by Gasteiger charge is 2.03. The highest BCUT2D eigenvalue weighted by atomic mass is 19.1. The summed E-state index contributed by atoms with van der Waals surface area (Å²) in [5, 5.41) is 2.50. The van der Waals surface area contributed by atoms with Crippen LogP contribution in [0.4, 0.5) is 15.8 Å². The summed E-state index contributed by atoms with van der Waals surface area (Å²) < 4.78 is 17.3. The number of carbonyl (C=O) groups is 1. The van der Waals surface area contributed by atoms with Gasteiger partial charge in [-0.05, 0) is 18.2 Å². The molecule has 0 aromatic heterocycles. The van der Waals surface area contributed by atoms with E-state index in [1.807, 2.05) is 0 Å². The standard InChI is InChI=1S/C9H11FN2O2/c1-14-5-9(13)12-6-2-3-7(10)8(11)4-6/h2-4H,5,11H2,1H3,(H,12,13). The van der Waals surface area contributed by atoms with E-state index in [4.69, 9.17) is 5.73 Å². The average molecular weight is 198 g/mol. The van der Waals surface area contributed by atoms with Gasteiger partial charge in [0.15, 0.2) is 0 Å². The van der Waals surface area contributed by atoms with Gasteiger partial charge >= 0.3 is 0 Å². The Kier molecular flexibility index (Phi) is 3.41. The monoisotopic (exact) mass is 198 g/mol. The second-order valence-corrected chi connectivity index (χ2v) is 2.72. The van der Waals surface area contributed by atoms with E-state index in [2.05, 4.69) is 10.1 Å². The molecule has 0 unspecified atom stereocenters. The van der Waals surface area contributed by atoms with E-state index in [0.29, 0.717) is 5.69 Å². The van der Waals surface area contributed by atoms with E-state index >= 15 is 0 Å². The molecule has 0 atom stereocenters. The number of ether oxygens (including phenoxy) is 1. The quantitative estimate of drug-likeness (QED) is 0.712. The largest absolute Gasteiger partial charge is 0.396 e. The van der Waals surface area contributed by atoms with Crippen LogP contribution in [-0.4, -0.2) is 19.6 Å². The zero-order chi connectivity index (χ0) is 10.6. The molecule has 0 heterocycles. The number of methoxy groups -OCH3 is 1. The number of anilines is 2. The first-order valence-electron chi connectivity index (χ1n) is 3.97. The van der Waals surface area contributed by atoms with Crippen LogP contribution >= 0.6 is 0 Å². The van der Waals surface area contributed by atoms with E-state index in [1.165, 1.54) is 25.3 Å². The molecule has 0 aliphatic rings. The van der Waals surface area contributed by atoms with E-state index in [-0.39, 0.29) is 18.2 Å². The van der Waals surface area contributed by atoms with E-state index < -0.39 is 5.82 Å². The zero-order valence-electron chi connectivity index (χ0n) is 7.71. The van der Waals surface area contributed by atoms with Crippen LogP contribution in [-0.2, 0) is 9.53 Å². The van der Waals surface area contributed by atoms with Crippen molar-refractivity contribution in [1.82, 2.24) is 0 Å². The van der Waals surface area contributed by atoms with Crippen molar-refractivity contribution in [2.45, 2.75) is 0 Å². The van der Waals surface area contributed by atoms with Crippen molar-refractivity contribution in [1.29, 1.82) is 0 Å². The van der Waals surface area contributed by atoms with Gasteiger partial charge in [-0.3, -0.25) is 4.79 Å². The number of halogens is 1. The summed E-state index contributed by atoms with van der Waals surface area (Å²) in [4.78, 5) is 11.0. The van der Waals surface area contributed by atoms with Crippen molar-refractivity contribution < 1.29 is 13.9 Å². The Morgan fingerprint density at radius 2 is 2.36 bits per heavy atom. The maximum Gasteiger partial charge on any atom is 0.250 e. The fourth-order valence-electron chi connectivity index (χ4n) is 0.950. The summed E-state index contributed by atoms with van der Waals surface area (Å²) in [5.74, 6) is -0.812. The number of nitrogen functional groups attached to an aromatic ring is 1. The summed E-state index contributed by atoms with van der Waals surface area (Å²) in [7, 11) is 1.42. The predicted molar refractivity (Wildman–Crippen MR) is 51.3 cm³/mol. The highest BCUT2D eigenvalue weighted by Crippen LogP contribution is 2.15. The van der Waals surface area contributed by atoms with Crippen LogP contribution in [0, 0.1) is 5.82 Å². The fourth-order valence-corrected chi connectivity index (χ4v) is 0.950. The van der Waals surface area contributed by atoms with Gasteiger partial charge in [0.2, 0.25) is 5.91 Å². The first-order valence-corrected chi connectivity index (χ1v) is 3.97. The zero-order valence-corrected chi connectivity index (χ0v) is 7.71. The number of carbonyl (C=O) groups excluding carboxylic acids is 1. The number of amides is 1. The Morgan fingerprint density at radius 3 is 2.93 bits per heavy atom. The van der Waals surface area contributed by atoms with Crippen LogP contribution in [0.2, 0.25) is 0 Å². The molecule has 76 valence electrons. The van der Waals surface area contributed by atoms with Crippen LogP contribution < -0.4 is 11.1 Å². The third kappa shape index (κ3) is 2.70. The minimum absolute atomic E-state index is 0.000201. The predicted octanol–water partition coefficient (Wildman–Crippen LogP) is 0.993. The second kappa shape index (κ2) is 4.57. The van der Waals surface area contributed by atoms with Gasteiger partial charge in [-0.25, -0.2) is 4.39 Å². The van der Waals surface area contributed by atoms with Gasteiger partial charge in [0, 0.05) is 12.8 Å². The first kappa shape index (κ1) is 10.5. The Balaban J connectivity index is 2.68. The lowest BCUT2D eigenvalue weighted by Gasteiger charge is -2.05. The number of hydrogen-bond donors (Lipinski definition) is 2. The second-order valence-electron chi connectivity index (χ2n) is 2.72. The molecule has 3 N–H and O–H groups in total. The molecule has 0 saturated heterocycles. The maximum absolute atomic E-state index is 12.7. The van der Waals surface area contributed by atoms with Crippen molar-refractivity contribution in [3.05, 3.63) is 24.0 Å². The SMILES string of the molecule is COCC(=O)Nc1ccc(F)c(N)c1. The molecule has 1 rings (SSSR count). The molecular formula is C9H11FN2O2. The molecule has 0 saturated carbocycles. The van der Waals surface area contributed by atoms with Crippen molar-refractivity contribution in [3.63, 3.8) is 0 Å². The molecule has 1 aromatic rings. The summed E-state index contributed by atoms with van der Waals surface area (Å²) in [6.45, 7) is -0.0444. The lowest BCUT2D eigenvalue weighted by Crippen LogP contribution is -2.17. The molecule has 0 radical (unpaired) electrons. The molecule has 0 aliphatic heterocycles. The third-order valence-corrected chi connectivity index (χ3v) is 1.56. The molecule has 5 heteroatoms. The number of rotatable bonds is 3. The average Bonchev–Trinajstić information content (AvgIpc) is 2.12. The maximum atomic E-state index is 12.7. The summed E-state index contributed by atoms with van der Waals surface area (Å²) in [6, 6.07) is 3.97. The number of nitrogens with one attached hydrogen (secondary N) is 1. The van der Waals surface area contributed by atoms with Crippen molar-refractivity contribution in [3.8, 4) is 0 Å². The lowest BCUT2D eigenvalue weighted by molar-refractivity contribution is -0.119. The summed E-state index contributed by atoms with van der Waals surface area (Å²) in [6.07, 6.45) is 0. The minimum Gasteiger partial charge on any atom is -0.396 e. The molecule has 14 heavy (non-hydrogen) atoms. The smallest absolute Gasteiger partial charge is 0.250 e. The first-order chi connectivity index (χ1) is 6.63. The van der Waals surface area contributed by atoms with Gasteiger partial charge in [-0.2, -0.15) is 0 Å². The molecule has 1 aromatic carbocycles. The molecule has 4 nitrogen and oxygen atoms in total. The van der Waals surface area contributed by atoms with E-state index in [0.717, 1.165) is 0 Å². The Bertz CT molecular complexity index is 342. The van der Waals surface area contributed by atoms with Gasteiger partial charge in [-0.15, -0.1) is 0 Å². The lowest BCUT2D eigenvalue weighted by atomic mass is 10.2. The molecule has 0 bridgehead atoms. The van der Waals surface area contributed by atoms with Crippen molar-refractivity contribution >= 4 is 17.3 Å². The third-order valence-electron chi connectivity index (χ3n) is 1.56. The normalized spacial score (nSPS) is 9.86. The topological polar surface area (TPSA) is 64.3 Å². The van der Waals surface area contributed by atoms with Gasteiger partial charge in [0.25, 0.3) is 0 Å². The summed E-state index contributed by atoms with van der Waals surface area (Å²) >= 11 is 0. The molecule has 0 spiro atoms. The van der Waals surface area contributed by atoms with Gasteiger partial charge in [0.05, 0.1) is 5.69 Å². The Hall–Kier alpha value is -1.62. The highest BCUT2D eigenvalue weighted by molar-refractivity contribution is 5.92. The number of nitrogens with two attached hydrogens (primary N) is 1. The van der Waals surface area contributed by atoms with Gasteiger partial charge in [-0.1, -0.05) is 0 Å². The Labute approximate surface area is 80.9 Å². The van der Waals surface area contributed by atoms with E-state index in [1.54, 1.807) is 0 Å². The van der Waals surface area contributed by atoms with Crippen LogP contribution in [0.25, 0.3) is 0 Å². The number of hydrogen-bond acceptors (Lipinski definition) is 3. The van der Waals surface area contributed by atoms with E-state index in [9.17, 15) is 9.18 Å². The van der Waals surface area contributed by atoms with Gasteiger partial charge < -0.3 is 15.8 Å². The van der Waals surface area contributed by atoms with Crippen molar-refractivity contribution in [2.75, 3.05) is 24.8 Å². The molecule has 0 aliphatic carbocycles.